The number of nitrogens with two attached hydrogens (primary N) is 1. The first kappa shape index (κ1) is 28.6. The zero-order valence-electron chi connectivity index (χ0n) is 20.6. The average Bonchev–Trinajstić information content (AvgIpc) is 3.14. The number of halogens is 3. The summed E-state index contributed by atoms with van der Waals surface area (Å²) in [6.07, 6.45) is -9.69. The Balaban J connectivity index is 1.65. The number of benzene rings is 2. The number of phosphoric acid groups is 1. The largest absolute Gasteiger partial charge is 0.587 e. The monoisotopic (exact) mass is 571 g/mol. The number of rotatable bonds is 9. The summed E-state index contributed by atoms with van der Waals surface area (Å²) in [7, 11) is -4.75. The lowest BCUT2D eigenvalue weighted by atomic mass is 9.96. The highest BCUT2D eigenvalue weighted by Gasteiger charge is 2.62. The maximum atomic E-state index is 14.4. The third-order valence-electron chi connectivity index (χ3n) is 5.96. The van der Waals surface area contributed by atoms with Crippen molar-refractivity contribution in [2.24, 2.45) is 0 Å². The van der Waals surface area contributed by atoms with Crippen LogP contribution in [0.15, 0.2) is 59.5 Å². The summed E-state index contributed by atoms with van der Waals surface area (Å²) in [5, 5.41) is 21.1. The Kier molecular flexibility index (Phi) is 8.05. The number of nitrogens with zero attached hydrogens (tertiary/aromatic N) is 2. The number of anilines is 1. The van der Waals surface area contributed by atoms with Crippen molar-refractivity contribution in [1.82, 2.24) is 9.55 Å². The van der Waals surface area contributed by atoms with Crippen LogP contribution in [-0.2, 0) is 13.8 Å². The van der Waals surface area contributed by atoms with Crippen molar-refractivity contribution in [3.63, 3.8) is 0 Å². The SMILES string of the molecule is Cc1ccc(OP(=O)(OC[C@@]2(C(F)F)O[C@@H](n3cc(F)c(N)nc3=O)[C@H](O)[C@H]2O)Oc2ccc(C)cc2)cc1. The van der Waals surface area contributed by atoms with Crippen LogP contribution in [0.3, 0.4) is 0 Å². The van der Waals surface area contributed by atoms with E-state index in [4.69, 9.17) is 24.0 Å². The smallest absolute Gasteiger partial charge is 0.395 e. The lowest BCUT2D eigenvalue weighted by molar-refractivity contribution is -0.193. The van der Waals surface area contributed by atoms with Gasteiger partial charge < -0.3 is 29.7 Å². The molecule has 0 unspecified atom stereocenters. The highest BCUT2D eigenvalue weighted by Crippen LogP contribution is 2.52. The van der Waals surface area contributed by atoms with Gasteiger partial charge in [0, 0.05) is 0 Å². The van der Waals surface area contributed by atoms with Crippen LogP contribution in [-0.4, -0.2) is 50.6 Å². The number of nitrogen functional groups attached to an aromatic ring is 1. The first-order valence-electron chi connectivity index (χ1n) is 11.5. The van der Waals surface area contributed by atoms with E-state index >= 15 is 0 Å². The van der Waals surface area contributed by atoms with Crippen molar-refractivity contribution in [3.8, 4) is 11.5 Å². The molecule has 4 atom stereocenters. The van der Waals surface area contributed by atoms with E-state index < -0.39 is 62.2 Å². The summed E-state index contributed by atoms with van der Waals surface area (Å²) in [6, 6.07) is 12.3. The normalized spacial score (nSPS) is 23.2. The second-order valence-corrected chi connectivity index (χ2v) is 10.4. The van der Waals surface area contributed by atoms with Crippen LogP contribution in [0.2, 0.25) is 0 Å². The van der Waals surface area contributed by atoms with Crippen LogP contribution in [0.4, 0.5) is 19.0 Å². The van der Waals surface area contributed by atoms with Crippen molar-refractivity contribution < 1.29 is 46.3 Å². The predicted octanol–water partition coefficient (Wildman–Crippen LogP) is 3.12. The van der Waals surface area contributed by atoms with Crippen molar-refractivity contribution in [2.75, 3.05) is 12.3 Å². The quantitative estimate of drug-likeness (QED) is 0.326. The van der Waals surface area contributed by atoms with Gasteiger partial charge in [0.1, 0.15) is 23.7 Å². The number of aliphatic hydroxyl groups is 2. The summed E-state index contributed by atoms with van der Waals surface area (Å²) in [5.74, 6) is -1.94. The van der Waals surface area contributed by atoms with Crippen LogP contribution in [0.5, 0.6) is 11.5 Å². The molecule has 0 bridgehead atoms. The molecule has 39 heavy (non-hydrogen) atoms. The molecule has 210 valence electrons. The number of aliphatic hydroxyl groups excluding tert-OH is 2. The van der Waals surface area contributed by atoms with Crippen molar-refractivity contribution in [2.45, 2.75) is 44.3 Å². The number of hydrogen-bond acceptors (Lipinski definition) is 10. The Morgan fingerprint density at radius 1 is 1.08 bits per heavy atom. The Bertz CT molecular complexity index is 1370. The minimum atomic E-state index is -4.75. The van der Waals surface area contributed by atoms with Crippen molar-refractivity contribution in [1.29, 1.82) is 0 Å². The lowest BCUT2D eigenvalue weighted by Gasteiger charge is -2.31. The zero-order valence-corrected chi connectivity index (χ0v) is 21.5. The van der Waals surface area contributed by atoms with Gasteiger partial charge in [-0.25, -0.2) is 22.5 Å². The van der Waals surface area contributed by atoms with Gasteiger partial charge >= 0.3 is 13.5 Å². The first-order chi connectivity index (χ1) is 18.3. The second-order valence-electron chi connectivity index (χ2n) is 8.89. The van der Waals surface area contributed by atoms with Gasteiger partial charge in [-0.1, -0.05) is 35.4 Å². The van der Waals surface area contributed by atoms with Crippen molar-refractivity contribution >= 4 is 13.6 Å². The van der Waals surface area contributed by atoms with Crippen LogP contribution in [0.25, 0.3) is 0 Å². The fourth-order valence-corrected chi connectivity index (χ4v) is 5.00. The van der Waals surface area contributed by atoms with E-state index in [0.29, 0.717) is 10.8 Å². The molecular weight excluding hydrogens is 546 g/mol. The molecule has 2 aromatic carbocycles. The maximum Gasteiger partial charge on any atom is 0.587 e. The molecule has 1 aliphatic heterocycles. The molecule has 0 spiro atoms. The number of hydrogen-bond donors (Lipinski definition) is 3. The minimum Gasteiger partial charge on any atom is -0.395 e. The van der Waals surface area contributed by atoms with Gasteiger partial charge in [-0.2, -0.15) is 4.98 Å². The molecule has 11 nitrogen and oxygen atoms in total. The minimum absolute atomic E-state index is 0.0166. The Hall–Kier alpha value is -3.42. The lowest BCUT2D eigenvalue weighted by Crippen LogP contribution is -2.52. The molecule has 0 saturated carbocycles. The fourth-order valence-electron chi connectivity index (χ4n) is 3.74. The zero-order chi connectivity index (χ0) is 28.5. The second kappa shape index (κ2) is 11.0. The Morgan fingerprint density at radius 3 is 2.08 bits per heavy atom. The summed E-state index contributed by atoms with van der Waals surface area (Å²) >= 11 is 0. The van der Waals surface area contributed by atoms with E-state index in [2.05, 4.69) is 4.98 Å². The van der Waals surface area contributed by atoms with Gasteiger partial charge in [-0.3, -0.25) is 9.09 Å². The third-order valence-corrected chi connectivity index (χ3v) is 7.27. The van der Waals surface area contributed by atoms with Gasteiger partial charge in [0.25, 0.3) is 6.43 Å². The standard InChI is InChI=1S/C24H25F3N3O8P/c1-13-3-7-15(8-4-13)37-39(34,38-16-9-5-14(2)6-10-16)35-12-24(22(26)27)19(32)18(31)21(36-24)30-11-17(25)20(28)29-23(30)33/h3-11,18-19,21-22,31-32H,12H2,1-2H3,(H2,28,29,33)/t18-,19-,21-,24-/m1/s1. The molecule has 0 radical (unpaired) electrons. The molecule has 1 aromatic heterocycles. The van der Waals surface area contributed by atoms with E-state index in [0.717, 1.165) is 11.1 Å². The van der Waals surface area contributed by atoms with Crippen LogP contribution in [0, 0.1) is 19.7 Å². The van der Waals surface area contributed by atoms with Crippen LogP contribution >= 0.6 is 7.82 Å². The molecular formula is C24H25F3N3O8P. The molecule has 2 heterocycles. The molecule has 1 saturated heterocycles. The highest BCUT2D eigenvalue weighted by atomic mass is 31.2. The summed E-state index contributed by atoms with van der Waals surface area (Å²) in [5.41, 5.74) is 2.64. The van der Waals surface area contributed by atoms with E-state index in [1.165, 1.54) is 24.3 Å². The van der Waals surface area contributed by atoms with Gasteiger partial charge in [0.2, 0.25) is 0 Å². The maximum absolute atomic E-state index is 14.4. The van der Waals surface area contributed by atoms with Gasteiger partial charge in [-0.05, 0) is 38.1 Å². The molecule has 1 fully saturated rings. The first-order valence-corrected chi connectivity index (χ1v) is 12.9. The number of aryl methyl sites for hydroxylation is 2. The number of ether oxygens (including phenoxy) is 1. The number of aromatic nitrogens is 2. The summed E-state index contributed by atoms with van der Waals surface area (Å²) in [6.45, 7) is 2.25. The average molecular weight is 571 g/mol. The highest BCUT2D eigenvalue weighted by molar-refractivity contribution is 7.49. The van der Waals surface area contributed by atoms with Crippen LogP contribution in [0.1, 0.15) is 17.4 Å². The van der Waals surface area contributed by atoms with Crippen LogP contribution < -0.4 is 20.5 Å². The molecule has 0 aliphatic carbocycles. The van der Waals surface area contributed by atoms with Gasteiger partial charge in [0.05, 0.1) is 12.8 Å². The number of alkyl halides is 2. The predicted molar refractivity (Wildman–Crippen MR) is 131 cm³/mol. The van der Waals surface area contributed by atoms with E-state index in [-0.39, 0.29) is 11.5 Å². The van der Waals surface area contributed by atoms with E-state index in [1.54, 1.807) is 38.1 Å². The molecule has 4 rings (SSSR count). The summed E-state index contributed by atoms with van der Waals surface area (Å²) in [4.78, 5) is 15.4. The molecule has 15 heteroatoms. The van der Waals surface area contributed by atoms with Gasteiger partial charge in [0.15, 0.2) is 23.5 Å². The van der Waals surface area contributed by atoms with Gasteiger partial charge in [-0.15, -0.1) is 0 Å². The Morgan fingerprint density at radius 2 is 1.59 bits per heavy atom. The molecule has 0 amide bonds. The molecule has 4 N–H and O–H groups in total. The fraction of sp³-hybridized carbons (Fsp3) is 0.333. The van der Waals surface area contributed by atoms with E-state index in [1.807, 2.05) is 0 Å². The Labute approximate surface area is 220 Å². The summed E-state index contributed by atoms with van der Waals surface area (Å²) < 4.78 is 78.2. The third kappa shape index (κ3) is 5.94. The molecule has 1 aliphatic rings. The van der Waals surface area contributed by atoms with Crippen molar-refractivity contribution in [3.05, 3.63) is 82.2 Å². The molecule has 3 aromatic rings. The number of phosphoric ester groups is 1. The topological polar surface area (TPSA) is 155 Å². The van der Waals surface area contributed by atoms with E-state index in [9.17, 15) is 32.7 Å².